The summed E-state index contributed by atoms with van der Waals surface area (Å²) in [5, 5.41) is 9.12. The molecule has 0 bridgehead atoms. The molecule has 0 unspecified atom stereocenters. The van der Waals surface area contributed by atoms with Crippen LogP contribution in [0.5, 0.6) is 11.5 Å². The lowest BCUT2D eigenvalue weighted by molar-refractivity contribution is 0.252. The van der Waals surface area contributed by atoms with E-state index in [4.69, 9.17) is 25.5 Å². The van der Waals surface area contributed by atoms with Gasteiger partial charge in [0.05, 0.1) is 6.61 Å². The van der Waals surface area contributed by atoms with Crippen molar-refractivity contribution < 1.29 is 13.9 Å². The molecule has 3 aromatic rings. The second kappa shape index (κ2) is 8.78. The fourth-order valence-corrected chi connectivity index (χ4v) is 2.75. The van der Waals surface area contributed by atoms with Gasteiger partial charge in [0.1, 0.15) is 11.5 Å². The molecule has 0 aliphatic carbocycles. The number of ether oxygens (including phenoxy) is 2. The molecule has 0 saturated heterocycles. The van der Waals surface area contributed by atoms with Crippen molar-refractivity contribution in [1.82, 2.24) is 10.2 Å². The fraction of sp³-hybridized carbons (Fsp3) is 0.222. The number of hydrogen-bond acceptors (Lipinski definition) is 6. The number of rotatable bonds is 8. The van der Waals surface area contributed by atoms with Crippen LogP contribution in [0.1, 0.15) is 11.5 Å². The first-order chi connectivity index (χ1) is 12.2. The number of halogens is 1. The van der Waals surface area contributed by atoms with Gasteiger partial charge in [-0.1, -0.05) is 47.1 Å². The van der Waals surface area contributed by atoms with Gasteiger partial charge in [0, 0.05) is 10.8 Å². The van der Waals surface area contributed by atoms with Crippen LogP contribution in [0.3, 0.4) is 0 Å². The molecular weight excluding hydrogens is 360 g/mol. The van der Waals surface area contributed by atoms with Crippen molar-refractivity contribution >= 4 is 23.4 Å². The summed E-state index contributed by atoms with van der Waals surface area (Å²) in [5.41, 5.74) is 1.18. The van der Waals surface area contributed by atoms with Gasteiger partial charge >= 0.3 is 0 Å². The summed E-state index contributed by atoms with van der Waals surface area (Å²) >= 11 is 7.34. The number of aromatic nitrogens is 2. The number of aryl methyl sites for hydroxylation is 1. The molecule has 0 radical (unpaired) electrons. The van der Waals surface area contributed by atoms with E-state index in [2.05, 4.69) is 10.2 Å². The predicted octanol–water partition coefficient (Wildman–Crippen LogP) is 4.78. The van der Waals surface area contributed by atoms with Gasteiger partial charge in [-0.2, -0.15) is 0 Å². The lowest BCUT2D eigenvalue weighted by atomic mass is 10.2. The van der Waals surface area contributed by atoms with Gasteiger partial charge in [0.25, 0.3) is 11.1 Å². The summed E-state index contributed by atoms with van der Waals surface area (Å²) < 4.78 is 16.8. The zero-order valence-corrected chi connectivity index (χ0v) is 15.2. The van der Waals surface area contributed by atoms with Crippen LogP contribution in [-0.4, -0.2) is 22.6 Å². The SMILES string of the molecule is Cc1ccc(OCc2nnc(SCCOc3cccc(Cl)c3)o2)cc1. The molecule has 2 aromatic carbocycles. The summed E-state index contributed by atoms with van der Waals surface area (Å²) in [6, 6.07) is 15.1. The maximum Gasteiger partial charge on any atom is 0.276 e. The van der Waals surface area contributed by atoms with Crippen molar-refractivity contribution in [3.05, 3.63) is 65.0 Å². The molecular formula is C18H17ClN2O3S. The highest BCUT2D eigenvalue weighted by molar-refractivity contribution is 7.99. The van der Waals surface area contributed by atoms with E-state index >= 15 is 0 Å². The van der Waals surface area contributed by atoms with E-state index in [-0.39, 0.29) is 6.61 Å². The minimum absolute atomic E-state index is 0.246. The molecule has 0 saturated carbocycles. The van der Waals surface area contributed by atoms with Crippen molar-refractivity contribution in [2.75, 3.05) is 12.4 Å². The van der Waals surface area contributed by atoms with Gasteiger partial charge in [0.15, 0.2) is 6.61 Å². The van der Waals surface area contributed by atoms with Gasteiger partial charge in [0.2, 0.25) is 0 Å². The third-order valence-electron chi connectivity index (χ3n) is 3.21. The topological polar surface area (TPSA) is 57.4 Å². The second-order valence-corrected chi connectivity index (χ2v) is 6.70. The van der Waals surface area contributed by atoms with Gasteiger partial charge in [-0.05, 0) is 37.3 Å². The second-order valence-electron chi connectivity index (χ2n) is 5.22. The Morgan fingerprint density at radius 3 is 2.68 bits per heavy atom. The van der Waals surface area contributed by atoms with E-state index in [1.54, 1.807) is 6.07 Å². The molecule has 0 atom stereocenters. The van der Waals surface area contributed by atoms with Crippen LogP contribution >= 0.6 is 23.4 Å². The smallest absolute Gasteiger partial charge is 0.276 e. The summed E-state index contributed by atoms with van der Waals surface area (Å²) in [5.74, 6) is 2.64. The van der Waals surface area contributed by atoms with Crippen molar-refractivity contribution in [2.45, 2.75) is 18.8 Å². The van der Waals surface area contributed by atoms with E-state index in [1.165, 1.54) is 17.3 Å². The van der Waals surface area contributed by atoms with Crippen LogP contribution in [0.2, 0.25) is 5.02 Å². The highest BCUT2D eigenvalue weighted by Crippen LogP contribution is 2.20. The van der Waals surface area contributed by atoms with Crippen LogP contribution < -0.4 is 9.47 Å². The molecule has 0 aliphatic rings. The molecule has 0 aliphatic heterocycles. The lowest BCUT2D eigenvalue weighted by Gasteiger charge is -2.04. The monoisotopic (exact) mass is 376 g/mol. The Labute approximate surface area is 155 Å². The summed E-state index contributed by atoms with van der Waals surface area (Å²) in [6.07, 6.45) is 0. The molecule has 1 heterocycles. The molecule has 1 aromatic heterocycles. The predicted molar refractivity (Wildman–Crippen MR) is 97.5 cm³/mol. The minimum atomic E-state index is 0.246. The Balaban J connectivity index is 1.40. The van der Waals surface area contributed by atoms with Crippen LogP contribution in [0.25, 0.3) is 0 Å². The average molecular weight is 377 g/mol. The van der Waals surface area contributed by atoms with Crippen LogP contribution in [-0.2, 0) is 6.61 Å². The van der Waals surface area contributed by atoms with Gasteiger partial charge < -0.3 is 13.9 Å². The lowest BCUT2D eigenvalue weighted by Crippen LogP contribution is -1.99. The Kier molecular flexibility index (Phi) is 6.19. The van der Waals surface area contributed by atoms with Crippen LogP contribution in [0.4, 0.5) is 0 Å². The molecule has 0 amide bonds. The van der Waals surface area contributed by atoms with E-state index in [0.717, 1.165) is 11.5 Å². The van der Waals surface area contributed by atoms with E-state index in [0.29, 0.717) is 28.5 Å². The van der Waals surface area contributed by atoms with Crippen molar-refractivity contribution in [1.29, 1.82) is 0 Å². The molecule has 3 rings (SSSR count). The third kappa shape index (κ3) is 5.69. The molecule has 0 spiro atoms. The largest absolute Gasteiger partial charge is 0.493 e. The first-order valence-electron chi connectivity index (χ1n) is 7.72. The van der Waals surface area contributed by atoms with E-state index < -0.39 is 0 Å². The van der Waals surface area contributed by atoms with Crippen molar-refractivity contribution in [2.24, 2.45) is 0 Å². The quantitative estimate of drug-likeness (QED) is 0.416. The number of thioether (sulfide) groups is 1. The van der Waals surface area contributed by atoms with Crippen molar-refractivity contribution in [3.8, 4) is 11.5 Å². The maximum absolute atomic E-state index is 5.91. The van der Waals surface area contributed by atoms with Crippen molar-refractivity contribution in [3.63, 3.8) is 0 Å². The maximum atomic E-state index is 5.91. The van der Waals surface area contributed by atoms with Gasteiger partial charge in [-0.15, -0.1) is 10.2 Å². The highest BCUT2D eigenvalue weighted by Gasteiger charge is 2.07. The standard InChI is InChI=1S/C18H17ClN2O3S/c1-13-5-7-15(8-6-13)23-12-17-20-21-18(24-17)25-10-9-22-16-4-2-3-14(19)11-16/h2-8,11H,9-10,12H2,1H3. The molecule has 0 fully saturated rings. The summed E-state index contributed by atoms with van der Waals surface area (Å²) in [6.45, 7) is 2.79. The van der Waals surface area contributed by atoms with Gasteiger partial charge in [-0.3, -0.25) is 0 Å². The highest BCUT2D eigenvalue weighted by atomic mass is 35.5. The first kappa shape index (κ1) is 17.6. The first-order valence-corrected chi connectivity index (χ1v) is 9.08. The number of nitrogens with zero attached hydrogens (tertiary/aromatic N) is 2. The number of hydrogen-bond donors (Lipinski definition) is 0. The Bertz CT molecular complexity index is 808. The normalized spacial score (nSPS) is 10.6. The van der Waals surface area contributed by atoms with E-state index in [1.807, 2.05) is 49.4 Å². The van der Waals surface area contributed by atoms with Crippen LogP contribution in [0.15, 0.2) is 58.2 Å². The molecule has 7 heteroatoms. The Morgan fingerprint density at radius 2 is 1.88 bits per heavy atom. The zero-order valence-electron chi connectivity index (χ0n) is 13.6. The zero-order chi connectivity index (χ0) is 17.5. The average Bonchev–Trinajstić information content (AvgIpc) is 3.06. The Hall–Kier alpha value is -2.18. The summed E-state index contributed by atoms with van der Waals surface area (Å²) in [7, 11) is 0. The number of benzene rings is 2. The minimum Gasteiger partial charge on any atom is -0.493 e. The molecule has 25 heavy (non-hydrogen) atoms. The third-order valence-corrected chi connectivity index (χ3v) is 4.22. The summed E-state index contributed by atoms with van der Waals surface area (Å²) in [4.78, 5) is 0. The fourth-order valence-electron chi connectivity index (χ4n) is 1.98. The molecule has 5 nitrogen and oxygen atoms in total. The molecule has 0 N–H and O–H groups in total. The van der Waals surface area contributed by atoms with E-state index in [9.17, 15) is 0 Å². The van der Waals surface area contributed by atoms with Gasteiger partial charge in [-0.25, -0.2) is 0 Å². The van der Waals surface area contributed by atoms with Crippen LogP contribution in [0, 0.1) is 6.92 Å². The Morgan fingerprint density at radius 1 is 1.04 bits per heavy atom. The molecule has 130 valence electrons.